The lowest BCUT2D eigenvalue weighted by Gasteiger charge is -2.36. The molecule has 6 heteroatoms. The van der Waals surface area contributed by atoms with E-state index in [1.807, 2.05) is 12.1 Å². The summed E-state index contributed by atoms with van der Waals surface area (Å²) >= 11 is 0. The molecule has 0 saturated carbocycles. The van der Waals surface area contributed by atoms with E-state index in [4.69, 9.17) is 0 Å². The molecular weight excluding hydrogens is 353 g/mol. The summed E-state index contributed by atoms with van der Waals surface area (Å²) in [4.78, 5) is 13.4. The second-order valence-corrected chi connectivity index (χ2v) is 7.48. The summed E-state index contributed by atoms with van der Waals surface area (Å²) in [6.45, 7) is 6.76. The number of rotatable bonds is 5. The molecule has 3 aromatic rings. The zero-order valence-electron chi connectivity index (χ0n) is 16.4. The second-order valence-electron chi connectivity index (χ2n) is 7.48. The fourth-order valence-electron chi connectivity index (χ4n) is 3.71. The standard InChI is InChI=1S/C22H26FN5/c1-16(26-15-17-3-5-20-21(13-17)25-8-7-24-20)19-14-18(23)4-6-22(19)28-11-9-27(2)10-12-28/h3-8,13-14,16,26H,9-12,15H2,1-2H3. The van der Waals surface area contributed by atoms with Gasteiger partial charge in [-0.3, -0.25) is 9.97 Å². The highest BCUT2D eigenvalue weighted by atomic mass is 19.1. The molecule has 1 unspecified atom stereocenters. The Morgan fingerprint density at radius 2 is 1.75 bits per heavy atom. The second kappa shape index (κ2) is 8.20. The molecule has 0 bridgehead atoms. The molecule has 2 aromatic carbocycles. The molecule has 1 saturated heterocycles. The van der Waals surface area contributed by atoms with Crippen LogP contribution in [0.4, 0.5) is 10.1 Å². The van der Waals surface area contributed by atoms with Crippen molar-refractivity contribution in [3.63, 3.8) is 0 Å². The summed E-state index contributed by atoms with van der Waals surface area (Å²) in [5.74, 6) is -0.192. The Morgan fingerprint density at radius 3 is 2.54 bits per heavy atom. The number of hydrogen-bond donors (Lipinski definition) is 1. The van der Waals surface area contributed by atoms with Gasteiger partial charge in [-0.15, -0.1) is 0 Å². The molecule has 1 aliphatic heterocycles. The maximum absolute atomic E-state index is 14.0. The van der Waals surface area contributed by atoms with Crippen molar-refractivity contribution in [1.82, 2.24) is 20.2 Å². The molecule has 0 radical (unpaired) electrons. The van der Waals surface area contributed by atoms with E-state index in [0.29, 0.717) is 6.54 Å². The molecule has 0 spiro atoms. The van der Waals surface area contributed by atoms with Crippen molar-refractivity contribution in [2.45, 2.75) is 19.5 Å². The van der Waals surface area contributed by atoms with E-state index in [0.717, 1.165) is 54.0 Å². The van der Waals surface area contributed by atoms with Crippen molar-refractivity contribution in [3.8, 4) is 0 Å². The first-order valence-electron chi connectivity index (χ1n) is 9.76. The molecule has 146 valence electrons. The molecule has 4 rings (SSSR count). The number of nitrogens with one attached hydrogen (secondary N) is 1. The van der Waals surface area contributed by atoms with Crippen LogP contribution < -0.4 is 10.2 Å². The molecule has 1 aromatic heterocycles. The van der Waals surface area contributed by atoms with Crippen LogP contribution in [0.3, 0.4) is 0 Å². The molecular formula is C22H26FN5. The topological polar surface area (TPSA) is 44.3 Å². The average molecular weight is 379 g/mol. The third-order valence-electron chi connectivity index (χ3n) is 5.45. The molecule has 2 heterocycles. The highest BCUT2D eigenvalue weighted by molar-refractivity contribution is 5.74. The summed E-state index contributed by atoms with van der Waals surface area (Å²) < 4.78 is 14.0. The van der Waals surface area contributed by atoms with Gasteiger partial charge in [-0.05, 0) is 55.4 Å². The van der Waals surface area contributed by atoms with Gasteiger partial charge in [-0.25, -0.2) is 4.39 Å². The highest BCUT2D eigenvalue weighted by Crippen LogP contribution is 2.28. The molecule has 1 aliphatic rings. The number of hydrogen-bond acceptors (Lipinski definition) is 5. The number of fused-ring (bicyclic) bond motifs is 1. The van der Waals surface area contributed by atoms with Crippen LogP contribution in [-0.4, -0.2) is 48.1 Å². The largest absolute Gasteiger partial charge is 0.369 e. The molecule has 5 nitrogen and oxygen atoms in total. The Kier molecular flexibility index (Phi) is 5.50. The van der Waals surface area contributed by atoms with E-state index in [-0.39, 0.29) is 11.9 Å². The van der Waals surface area contributed by atoms with Crippen LogP contribution in [0.25, 0.3) is 11.0 Å². The Morgan fingerprint density at radius 1 is 1.00 bits per heavy atom. The number of benzene rings is 2. The van der Waals surface area contributed by atoms with Crippen LogP contribution in [-0.2, 0) is 6.54 Å². The predicted molar refractivity (Wildman–Crippen MR) is 111 cm³/mol. The summed E-state index contributed by atoms with van der Waals surface area (Å²) in [5, 5.41) is 3.54. The Labute approximate surface area is 165 Å². The van der Waals surface area contributed by atoms with E-state index in [2.05, 4.69) is 51.2 Å². The fraction of sp³-hybridized carbons (Fsp3) is 0.364. The van der Waals surface area contributed by atoms with Crippen LogP contribution in [0, 0.1) is 5.82 Å². The number of likely N-dealkylation sites (N-methyl/N-ethyl adjacent to an activating group) is 1. The van der Waals surface area contributed by atoms with Gasteiger partial charge in [0.1, 0.15) is 5.82 Å². The number of nitrogens with zero attached hydrogens (tertiary/aromatic N) is 4. The summed E-state index contributed by atoms with van der Waals surface area (Å²) in [5.41, 5.74) is 5.04. The number of aromatic nitrogens is 2. The Hall–Kier alpha value is -2.57. The Balaban J connectivity index is 1.50. The van der Waals surface area contributed by atoms with Crippen LogP contribution >= 0.6 is 0 Å². The van der Waals surface area contributed by atoms with Crippen molar-refractivity contribution in [3.05, 3.63) is 65.7 Å². The lowest BCUT2D eigenvalue weighted by atomic mass is 10.0. The fourth-order valence-corrected chi connectivity index (χ4v) is 3.71. The van der Waals surface area contributed by atoms with Gasteiger partial charge in [0, 0.05) is 56.8 Å². The third-order valence-corrected chi connectivity index (χ3v) is 5.45. The van der Waals surface area contributed by atoms with Gasteiger partial charge in [0.2, 0.25) is 0 Å². The molecule has 1 atom stereocenters. The van der Waals surface area contributed by atoms with Gasteiger partial charge in [0.05, 0.1) is 11.0 Å². The van der Waals surface area contributed by atoms with Crippen LogP contribution in [0.5, 0.6) is 0 Å². The van der Waals surface area contributed by atoms with E-state index >= 15 is 0 Å². The minimum Gasteiger partial charge on any atom is -0.369 e. The maximum Gasteiger partial charge on any atom is 0.123 e. The first-order valence-corrected chi connectivity index (χ1v) is 9.76. The van der Waals surface area contributed by atoms with E-state index < -0.39 is 0 Å². The molecule has 28 heavy (non-hydrogen) atoms. The van der Waals surface area contributed by atoms with Crippen molar-refractivity contribution >= 4 is 16.7 Å². The van der Waals surface area contributed by atoms with Gasteiger partial charge in [0.15, 0.2) is 0 Å². The molecule has 1 N–H and O–H groups in total. The van der Waals surface area contributed by atoms with Gasteiger partial charge in [-0.1, -0.05) is 6.07 Å². The number of halogens is 1. The summed E-state index contributed by atoms with van der Waals surface area (Å²) in [6.07, 6.45) is 3.41. The third kappa shape index (κ3) is 4.13. The van der Waals surface area contributed by atoms with Crippen LogP contribution in [0.15, 0.2) is 48.8 Å². The SMILES string of the molecule is CC(NCc1ccc2nccnc2c1)c1cc(F)ccc1N1CCN(C)CC1. The molecule has 0 amide bonds. The monoisotopic (exact) mass is 379 g/mol. The van der Waals surface area contributed by atoms with Crippen molar-refractivity contribution in [1.29, 1.82) is 0 Å². The van der Waals surface area contributed by atoms with Gasteiger partial charge in [-0.2, -0.15) is 0 Å². The lowest BCUT2D eigenvalue weighted by Crippen LogP contribution is -2.45. The average Bonchev–Trinajstić information content (AvgIpc) is 2.72. The van der Waals surface area contributed by atoms with Crippen LogP contribution in [0.1, 0.15) is 24.1 Å². The van der Waals surface area contributed by atoms with Crippen molar-refractivity contribution in [2.24, 2.45) is 0 Å². The van der Waals surface area contributed by atoms with E-state index in [1.54, 1.807) is 24.5 Å². The quantitative estimate of drug-likeness (QED) is 0.736. The van der Waals surface area contributed by atoms with Crippen LogP contribution in [0.2, 0.25) is 0 Å². The van der Waals surface area contributed by atoms with Gasteiger partial charge >= 0.3 is 0 Å². The zero-order chi connectivity index (χ0) is 19.5. The molecule has 0 aliphatic carbocycles. The predicted octanol–water partition coefficient (Wildman–Crippen LogP) is 3.37. The first kappa shape index (κ1) is 18.8. The maximum atomic E-state index is 14.0. The summed E-state index contributed by atoms with van der Waals surface area (Å²) in [7, 11) is 2.14. The van der Waals surface area contributed by atoms with Crippen molar-refractivity contribution < 1.29 is 4.39 Å². The van der Waals surface area contributed by atoms with Gasteiger partial charge in [0.25, 0.3) is 0 Å². The normalized spacial score (nSPS) is 16.5. The lowest BCUT2D eigenvalue weighted by molar-refractivity contribution is 0.312. The number of piperazine rings is 1. The minimum absolute atomic E-state index is 0.0305. The summed E-state index contributed by atoms with van der Waals surface area (Å²) in [6, 6.07) is 11.3. The molecule has 1 fully saturated rings. The van der Waals surface area contributed by atoms with Crippen molar-refractivity contribution in [2.75, 3.05) is 38.1 Å². The zero-order valence-corrected chi connectivity index (χ0v) is 16.4. The van der Waals surface area contributed by atoms with E-state index in [9.17, 15) is 4.39 Å². The number of anilines is 1. The highest BCUT2D eigenvalue weighted by Gasteiger charge is 2.20. The first-order chi connectivity index (χ1) is 13.6. The smallest absolute Gasteiger partial charge is 0.123 e. The minimum atomic E-state index is -0.192. The van der Waals surface area contributed by atoms with Gasteiger partial charge < -0.3 is 15.1 Å². The van der Waals surface area contributed by atoms with E-state index in [1.165, 1.54) is 0 Å². The Bertz CT molecular complexity index is 953.